The van der Waals surface area contributed by atoms with Crippen LogP contribution in [0, 0.1) is 11.3 Å². The Morgan fingerprint density at radius 3 is 2.70 bits per heavy atom. The van der Waals surface area contributed by atoms with Gasteiger partial charge in [-0.05, 0) is 36.3 Å². The fourth-order valence-corrected chi connectivity index (χ4v) is 2.47. The lowest BCUT2D eigenvalue weighted by molar-refractivity contribution is 0.0950. The van der Waals surface area contributed by atoms with Gasteiger partial charge in [0, 0.05) is 24.8 Å². The number of amides is 1. The molecule has 1 atom stereocenters. The largest absolute Gasteiger partial charge is 0.373 e. The minimum absolute atomic E-state index is 0.00366. The molecule has 1 fully saturated rings. The first-order valence-corrected chi connectivity index (χ1v) is 7.43. The molecule has 0 aliphatic heterocycles. The molecular weight excluding hydrogens is 250 g/mol. The van der Waals surface area contributed by atoms with E-state index in [1.807, 2.05) is 19.2 Å². The van der Waals surface area contributed by atoms with E-state index >= 15 is 0 Å². The normalized spacial score (nSPS) is 19.5. The molecule has 20 heavy (non-hydrogen) atoms. The smallest absolute Gasteiger partial charge is 0.251 e. The maximum atomic E-state index is 12.2. The second-order valence-electron chi connectivity index (χ2n) is 6.33. The molecule has 1 aromatic heterocycles. The van der Waals surface area contributed by atoms with Crippen molar-refractivity contribution in [3.8, 4) is 0 Å². The summed E-state index contributed by atoms with van der Waals surface area (Å²) >= 11 is 0. The number of nitrogens with one attached hydrogen (secondary N) is 2. The van der Waals surface area contributed by atoms with Crippen LogP contribution in [0.5, 0.6) is 0 Å². The van der Waals surface area contributed by atoms with Crippen LogP contribution in [0.2, 0.25) is 0 Å². The first-order valence-electron chi connectivity index (χ1n) is 7.43. The Morgan fingerprint density at radius 1 is 1.45 bits per heavy atom. The van der Waals surface area contributed by atoms with Gasteiger partial charge in [0.05, 0.1) is 0 Å². The van der Waals surface area contributed by atoms with Crippen LogP contribution < -0.4 is 10.6 Å². The fourth-order valence-electron chi connectivity index (χ4n) is 2.47. The average molecular weight is 275 g/mol. The summed E-state index contributed by atoms with van der Waals surface area (Å²) in [7, 11) is 1.83. The van der Waals surface area contributed by atoms with E-state index in [1.54, 1.807) is 0 Å². The van der Waals surface area contributed by atoms with Crippen molar-refractivity contribution >= 4 is 11.7 Å². The summed E-state index contributed by atoms with van der Waals surface area (Å²) in [6.07, 6.45) is 3.12. The third-order valence-corrected chi connectivity index (χ3v) is 4.13. The van der Waals surface area contributed by atoms with Crippen molar-refractivity contribution in [3.63, 3.8) is 0 Å². The molecule has 1 heterocycles. The Morgan fingerprint density at radius 2 is 2.15 bits per heavy atom. The zero-order valence-corrected chi connectivity index (χ0v) is 12.9. The second-order valence-corrected chi connectivity index (χ2v) is 6.33. The molecule has 0 saturated heterocycles. The fraction of sp³-hybridized carbons (Fsp3) is 0.625. The summed E-state index contributed by atoms with van der Waals surface area (Å²) in [6, 6.07) is 3.71. The van der Waals surface area contributed by atoms with Gasteiger partial charge < -0.3 is 10.6 Å². The summed E-state index contributed by atoms with van der Waals surface area (Å²) < 4.78 is 0. The van der Waals surface area contributed by atoms with E-state index < -0.39 is 0 Å². The Kier molecular flexibility index (Phi) is 4.31. The second kappa shape index (κ2) is 5.81. The molecule has 1 aliphatic carbocycles. The standard InChI is InChI=1S/C16H25N3O/c1-5-6-13-7-11(8-14(17-4)19-13)15(20)18-10-12-9-16(12,2)3/h7-8,12H,5-6,9-10H2,1-4H3,(H,17,19)(H,18,20). The lowest BCUT2D eigenvalue weighted by Crippen LogP contribution is -2.27. The SMILES string of the molecule is CCCc1cc(C(=O)NCC2CC2(C)C)cc(NC)n1. The van der Waals surface area contributed by atoms with Gasteiger partial charge in [0.15, 0.2) is 0 Å². The Hall–Kier alpha value is -1.58. The molecule has 2 N–H and O–H groups in total. The molecular formula is C16H25N3O. The number of aryl methyl sites for hydroxylation is 1. The number of pyridine rings is 1. The van der Waals surface area contributed by atoms with Crippen LogP contribution in [0.4, 0.5) is 5.82 Å². The highest BCUT2D eigenvalue weighted by molar-refractivity contribution is 5.95. The van der Waals surface area contributed by atoms with Crippen LogP contribution in [-0.4, -0.2) is 24.5 Å². The van der Waals surface area contributed by atoms with Gasteiger partial charge in [-0.1, -0.05) is 27.2 Å². The summed E-state index contributed by atoms with van der Waals surface area (Å²) in [5.41, 5.74) is 2.07. The van der Waals surface area contributed by atoms with Crippen molar-refractivity contribution in [2.75, 3.05) is 18.9 Å². The first kappa shape index (κ1) is 14.8. The van der Waals surface area contributed by atoms with Crippen LogP contribution in [-0.2, 0) is 6.42 Å². The number of rotatable bonds is 6. The average Bonchev–Trinajstić information content (AvgIpc) is 3.03. The van der Waals surface area contributed by atoms with Gasteiger partial charge in [-0.15, -0.1) is 0 Å². The Bertz CT molecular complexity index is 496. The van der Waals surface area contributed by atoms with Crippen molar-refractivity contribution < 1.29 is 4.79 Å². The van der Waals surface area contributed by atoms with Crippen molar-refractivity contribution in [3.05, 3.63) is 23.4 Å². The molecule has 1 unspecified atom stereocenters. The minimum atomic E-state index is 0.00366. The van der Waals surface area contributed by atoms with Crippen molar-refractivity contribution in [2.45, 2.75) is 40.0 Å². The highest BCUT2D eigenvalue weighted by Gasteiger charge is 2.45. The molecule has 0 bridgehead atoms. The summed E-state index contributed by atoms with van der Waals surface area (Å²) in [4.78, 5) is 16.7. The predicted molar refractivity (Wildman–Crippen MR) is 82.0 cm³/mol. The van der Waals surface area contributed by atoms with Gasteiger partial charge in [0.25, 0.3) is 5.91 Å². The summed E-state index contributed by atoms with van der Waals surface area (Å²) in [5.74, 6) is 1.38. The van der Waals surface area contributed by atoms with E-state index in [2.05, 4.69) is 36.4 Å². The number of anilines is 1. The van der Waals surface area contributed by atoms with Gasteiger partial charge in [0.2, 0.25) is 0 Å². The number of aromatic nitrogens is 1. The molecule has 1 saturated carbocycles. The quantitative estimate of drug-likeness (QED) is 0.839. The Balaban J connectivity index is 2.02. The highest BCUT2D eigenvalue weighted by Crippen LogP contribution is 2.50. The van der Waals surface area contributed by atoms with Gasteiger partial charge >= 0.3 is 0 Å². The minimum Gasteiger partial charge on any atom is -0.373 e. The monoisotopic (exact) mass is 275 g/mol. The molecule has 0 spiro atoms. The van der Waals surface area contributed by atoms with Crippen LogP contribution in [0.1, 0.15) is 49.7 Å². The van der Waals surface area contributed by atoms with Gasteiger partial charge in [-0.25, -0.2) is 4.98 Å². The van der Waals surface area contributed by atoms with E-state index in [0.29, 0.717) is 16.9 Å². The molecule has 110 valence electrons. The maximum absolute atomic E-state index is 12.2. The number of carbonyl (C=O) groups is 1. The van der Waals surface area contributed by atoms with E-state index in [-0.39, 0.29) is 5.91 Å². The lowest BCUT2D eigenvalue weighted by Gasteiger charge is -2.10. The maximum Gasteiger partial charge on any atom is 0.251 e. The number of carbonyl (C=O) groups excluding carboxylic acids is 1. The molecule has 0 radical (unpaired) electrons. The van der Waals surface area contributed by atoms with Gasteiger partial charge in [-0.3, -0.25) is 4.79 Å². The topological polar surface area (TPSA) is 54.0 Å². The predicted octanol–water partition coefficient (Wildman–Crippen LogP) is 2.85. The number of hydrogen-bond donors (Lipinski definition) is 2. The molecule has 0 aromatic carbocycles. The third-order valence-electron chi connectivity index (χ3n) is 4.13. The molecule has 4 heteroatoms. The van der Waals surface area contributed by atoms with Crippen molar-refractivity contribution in [1.82, 2.24) is 10.3 Å². The molecule has 1 aromatic rings. The molecule has 1 amide bonds. The summed E-state index contributed by atoms with van der Waals surface area (Å²) in [5, 5.41) is 6.06. The lowest BCUT2D eigenvalue weighted by atomic mass is 10.1. The van der Waals surface area contributed by atoms with E-state index in [0.717, 1.165) is 30.9 Å². The zero-order valence-electron chi connectivity index (χ0n) is 12.9. The summed E-state index contributed by atoms with van der Waals surface area (Å²) in [6.45, 7) is 7.37. The Labute approximate surface area is 121 Å². The number of nitrogens with zero attached hydrogens (tertiary/aromatic N) is 1. The molecule has 4 nitrogen and oxygen atoms in total. The van der Waals surface area contributed by atoms with E-state index in [9.17, 15) is 4.79 Å². The van der Waals surface area contributed by atoms with E-state index in [1.165, 1.54) is 6.42 Å². The van der Waals surface area contributed by atoms with Crippen LogP contribution in [0.3, 0.4) is 0 Å². The third kappa shape index (κ3) is 3.50. The van der Waals surface area contributed by atoms with Crippen LogP contribution in [0.25, 0.3) is 0 Å². The van der Waals surface area contributed by atoms with E-state index in [4.69, 9.17) is 0 Å². The van der Waals surface area contributed by atoms with Crippen LogP contribution in [0.15, 0.2) is 12.1 Å². The zero-order chi connectivity index (χ0) is 14.8. The molecule has 1 aliphatic rings. The van der Waals surface area contributed by atoms with Crippen molar-refractivity contribution in [2.24, 2.45) is 11.3 Å². The molecule has 2 rings (SSSR count). The van der Waals surface area contributed by atoms with Crippen LogP contribution >= 0.6 is 0 Å². The highest BCUT2D eigenvalue weighted by atomic mass is 16.1. The first-order chi connectivity index (χ1) is 9.46. The van der Waals surface area contributed by atoms with Gasteiger partial charge in [0.1, 0.15) is 5.82 Å². The number of hydrogen-bond acceptors (Lipinski definition) is 3. The van der Waals surface area contributed by atoms with Crippen molar-refractivity contribution in [1.29, 1.82) is 0 Å². The van der Waals surface area contributed by atoms with Gasteiger partial charge in [-0.2, -0.15) is 0 Å².